The molecule has 1 atom stereocenters. The van der Waals surface area contributed by atoms with E-state index < -0.39 is 0 Å². The van der Waals surface area contributed by atoms with Crippen LogP contribution >= 0.6 is 0 Å². The molecule has 0 heterocycles. The van der Waals surface area contributed by atoms with E-state index in [-0.39, 0.29) is 6.04 Å². The van der Waals surface area contributed by atoms with Crippen LogP contribution < -0.4 is 5.73 Å². The second-order valence-electron chi connectivity index (χ2n) is 4.33. The monoisotopic (exact) mass is 191 g/mol. The summed E-state index contributed by atoms with van der Waals surface area (Å²) in [4.78, 5) is 0. The lowest BCUT2D eigenvalue weighted by atomic mass is 9.97. The van der Waals surface area contributed by atoms with E-state index in [4.69, 9.17) is 5.73 Å². The highest BCUT2D eigenvalue weighted by Gasteiger charge is 2.25. The van der Waals surface area contributed by atoms with Crippen LogP contribution in [0.1, 0.15) is 36.4 Å². The van der Waals surface area contributed by atoms with E-state index in [0.717, 1.165) is 17.9 Å². The Balaban J connectivity index is 2.15. The zero-order chi connectivity index (χ0) is 10.1. The quantitative estimate of drug-likeness (QED) is 0.771. The molecular formula is C12H17NO. The molecule has 0 saturated heterocycles. The summed E-state index contributed by atoms with van der Waals surface area (Å²) in [5, 5.41) is 9.38. The van der Waals surface area contributed by atoms with Crippen LogP contribution in [-0.2, 0) is 0 Å². The van der Waals surface area contributed by atoms with Crippen molar-refractivity contribution in [3.63, 3.8) is 0 Å². The van der Waals surface area contributed by atoms with E-state index >= 15 is 0 Å². The molecule has 3 N–H and O–H groups in total. The molecule has 0 aliphatic heterocycles. The topological polar surface area (TPSA) is 46.2 Å². The molecule has 1 saturated carbocycles. The summed E-state index contributed by atoms with van der Waals surface area (Å²) in [5.41, 5.74) is 8.37. The van der Waals surface area contributed by atoms with Gasteiger partial charge in [-0.2, -0.15) is 0 Å². The van der Waals surface area contributed by atoms with Gasteiger partial charge in [0.2, 0.25) is 0 Å². The van der Waals surface area contributed by atoms with E-state index in [9.17, 15) is 5.11 Å². The van der Waals surface area contributed by atoms with Gasteiger partial charge < -0.3 is 10.8 Å². The SMILES string of the molecule is Cc1ccc(O)cc1[C@@H](N)CC1CC1. The van der Waals surface area contributed by atoms with Gasteiger partial charge in [-0.25, -0.2) is 0 Å². The van der Waals surface area contributed by atoms with Gasteiger partial charge in [-0.15, -0.1) is 0 Å². The normalized spacial score (nSPS) is 18.1. The summed E-state index contributed by atoms with van der Waals surface area (Å²) in [7, 11) is 0. The van der Waals surface area contributed by atoms with Gasteiger partial charge in [0.05, 0.1) is 0 Å². The summed E-state index contributed by atoms with van der Waals surface area (Å²) in [6, 6.07) is 5.53. The molecule has 2 rings (SSSR count). The number of phenolic OH excluding ortho intramolecular Hbond substituents is 1. The number of benzene rings is 1. The summed E-state index contributed by atoms with van der Waals surface area (Å²) >= 11 is 0. The first-order valence-corrected chi connectivity index (χ1v) is 5.22. The lowest BCUT2D eigenvalue weighted by Gasteiger charge is -2.14. The fourth-order valence-electron chi connectivity index (χ4n) is 1.87. The number of rotatable bonds is 3. The van der Waals surface area contributed by atoms with Gasteiger partial charge in [0.15, 0.2) is 0 Å². The Morgan fingerprint density at radius 2 is 2.21 bits per heavy atom. The average molecular weight is 191 g/mol. The molecule has 76 valence electrons. The largest absolute Gasteiger partial charge is 0.508 e. The highest BCUT2D eigenvalue weighted by atomic mass is 16.3. The van der Waals surface area contributed by atoms with Gasteiger partial charge in [0, 0.05) is 6.04 Å². The molecule has 1 aromatic carbocycles. The van der Waals surface area contributed by atoms with E-state index in [1.54, 1.807) is 12.1 Å². The standard InChI is InChI=1S/C12H17NO/c1-8-2-5-10(14)7-11(8)12(13)6-9-3-4-9/h2,5,7,9,12,14H,3-4,6,13H2,1H3/t12-/m0/s1. The Bertz CT molecular complexity index is 331. The molecule has 1 aliphatic carbocycles. The first-order valence-electron chi connectivity index (χ1n) is 5.22. The van der Waals surface area contributed by atoms with Crippen LogP contribution in [0.15, 0.2) is 18.2 Å². The van der Waals surface area contributed by atoms with Gasteiger partial charge >= 0.3 is 0 Å². The molecule has 14 heavy (non-hydrogen) atoms. The van der Waals surface area contributed by atoms with Crippen LogP contribution in [-0.4, -0.2) is 5.11 Å². The molecule has 0 amide bonds. The Morgan fingerprint density at radius 3 is 2.86 bits per heavy atom. The highest BCUT2D eigenvalue weighted by molar-refractivity contribution is 5.36. The van der Waals surface area contributed by atoms with Gasteiger partial charge in [-0.3, -0.25) is 0 Å². The molecule has 2 nitrogen and oxygen atoms in total. The lowest BCUT2D eigenvalue weighted by Crippen LogP contribution is -2.12. The third-order valence-electron chi connectivity index (χ3n) is 2.95. The van der Waals surface area contributed by atoms with Crippen LogP contribution in [0, 0.1) is 12.8 Å². The van der Waals surface area contributed by atoms with Crippen LogP contribution in [0.2, 0.25) is 0 Å². The molecule has 0 bridgehead atoms. The molecule has 1 aromatic rings. The van der Waals surface area contributed by atoms with Gasteiger partial charge in [-0.1, -0.05) is 18.9 Å². The minimum absolute atomic E-state index is 0.0922. The Labute approximate surface area is 84.7 Å². The van der Waals surface area contributed by atoms with Gasteiger partial charge in [0.25, 0.3) is 0 Å². The predicted molar refractivity (Wildman–Crippen MR) is 57.1 cm³/mol. The number of aryl methyl sites for hydroxylation is 1. The van der Waals surface area contributed by atoms with Crippen molar-refractivity contribution < 1.29 is 5.11 Å². The highest BCUT2D eigenvalue weighted by Crippen LogP contribution is 2.37. The first kappa shape index (κ1) is 9.53. The fraction of sp³-hybridized carbons (Fsp3) is 0.500. The number of aromatic hydroxyl groups is 1. The van der Waals surface area contributed by atoms with Crippen molar-refractivity contribution in [2.75, 3.05) is 0 Å². The lowest BCUT2D eigenvalue weighted by molar-refractivity contribution is 0.472. The third-order valence-corrected chi connectivity index (χ3v) is 2.95. The Hall–Kier alpha value is -1.02. The van der Waals surface area contributed by atoms with E-state index in [2.05, 4.69) is 0 Å². The van der Waals surface area contributed by atoms with Crippen molar-refractivity contribution in [1.29, 1.82) is 0 Å². The molecular weight excluding hydrogens is 174 g/mol. The number of hydrogen-bond donors (Lipinski definition) is 2. The Morgan fingerprint density at radius 1 is 1.50 bits per heavy atom. The summed E-state index contributed by atoms with van der Waals surface area (Å²) in [6.07, 6.45) is 3.71. The van der Waals surface area contributed by atoms with Crippen LogP contribution in [0.25, 0.3) is 0 Å². The fourth-order valence-corrected chi connectivity index (χ4v) is 1.87. The third kappa shape index (κ3) is 2.07. The molecule has 2 heteroatoms. The van der Waals surface area contributed by atoms with E-state index in [1.807, 2.05) is 13.0 Å². The van der Waals surface area contributed by atoms with Crippen molar-refractivity contribution in [3.05, 3.63) is 29.3 Å². The van der Waals surface area contributed by atoms with E-state index in [1.165, 1.54) is 18.4 Å². The van der Waals surface area contributed by atoms with E-state index in [0.29, 0.717) is 5.75 Å². The maximum Gasteiger partial charge on any atom is 0.115 e. The predicted octanol–water partition coefficient (Wildman–Crippen LogP) is 2.50. The summed E-state index contributed by atoms with van der Waals surface area (Å²) in [6.45, 7) is 2.04. The smallest absolute Gasteiger partial charge is 0.115 e. The van der Waals surface area contributed by atoms with Crippen molar-refractivity contribution in [3.8, 4) is 5.75 Å². The summed E-state index contributed by atoms with van der Waals surface area (Å²) in [5.74, 6) is 1.14. The van der Waals surface area contributed by atoms with Crippen LogP contribution in [0.5, 0.6) is 5.75 Å². The molecule has 1 aliphatic rings. The molecule has 0 unspecified atom stereocenters. The molecule has 0 radical (unpaired) electrons. The summed E-state index contributed by atoms with van der Waals surface area (Å²) < 4.78 is 0. The minimum atomic E-state index is 0.0922. The van der Waals surface area contributed by atoms with Crippen molar-refractivity contribution in [2.24, 2.45) is 11.7 Å². The number of hydrogen-bond acceptors (Lipinski definition) is 2. The molecule has 0 spiro atoms. The maximum atomic E-state index is 9.38. The van der Waals surface area contributed by atoms with Crippen molar-refractivity contribution in [2.45, 2.75) is 32.2 Å². The number of nitrogens with two attached hydrogens (primary N) is 1. The second kappa shape index (κ2) is 3.62. The number of phenols is 1. The van der Waals surface area contributed by atoms with Crippen LogP contribution in [0.4, 0.5) is 0 Å². The van der Waals surface area contributed by atoms with Crippen molar-refractivity contribution >= 4 is 0 Å². The average Bonchev–Trinajstić information content (AvgIpc) is 2.93. The zero-order valence-electron chi connectivity index (χ0n) is 8.53. The maximum absolute atomic E-state index is 9.38. The van der Waals surface area contributed by atoms with Crippen LogP contribution in [0.3, 0.4) is 0 Å². The molecule has 0 aromatic heterocycles. The minimum Gasteiger partial charge on any atom is -0.508 e. The van der Waals surface area contributed by atoms with Crippen molar-refractivity contribution in [1.82, 2.24) is 0 Å². The zero-order valence-corrected chi connectivity index (χ0v) is 8.53. The second-order valence-corrected chi connectivity index (χ2v) is 4.33. The Kier molecular flexibility index (Phi) is 2.46. The first-order chi connectivity index (χ1) is 6.66. The van der Waals surface area contributed by atoms with Gasteiger partial charge in [-0.05, 0) is 42.5 Å². The van der Waals surface area contributed by atoms with Gasteiger partial charge in [0.1, 0.15) is 5.75 Å². The molecule has 1 fully saturated rings.